The number of likely N-dealkylation sites (tertiary alicyclic amines) is 1. The van der Waals surface area contributed by atoms with Crippen LogP contribution in [0.15, 0.2) is 24.3 Å². The van der Waals surface area contributed by atoms with Crippen molar-refractivity contribution < 1.29 is 4.92 Å². The lowest BCUT2D eigenvalue weighted by atomic mass is 10.1. The number of nitrogens with zero attached hydrogens (tertiary/aromatic N) is 2. The van der Waals surface area contributed by atoms with Crippen LogP contribution in [0.4, 0.5) is 5.69 Å². The molecule has 1 aliphatic rings. The predicted molar refractivity (Wildman–Crippen MR) is 75.0 cm³/mol. The second kappa shape index (κ2) is 6.12. The largest absolute Gasteiger partial charge is 0.330 e. The van der Waals surface area contributed by atoms with E-state index in [4.69, 9.17) is 5.73 Å². The van der Waals surface area contributed by atoms with Gasteiger partial charge in [0.1, 0.15) is 0 Å². The molecule has 0 spiro atoms. The Morgan fingerprint density at radius 3 is 2.84 bits per heavy atom. The van der Waals surface area contributed by atoms with Gasteiger partial charge in [-0.25, -0.2) is 0 Å². The molecule has 0 bridgehead atoms. The lowest BCUT2D eigenvalue weighted by Gasteiger charge is -2.20. The molecule has 2 unspecified atom stereocenters. The summed E-state index contributed by atoms with van der Waals surface area (Å²) in [6.45, 7) is 4.81. The third-order valence-electron chi connectivity index (χ3n) is 3.98. The number of hydrogen-bond acceptors (Lipinski definition) is 4. The summed E-state index contributed by atoms with van der Waals surface area (Å²) < 4.78 is 0. The summed E-state index contributed by atoms with van der Waals surface area (Å²) in [6, 6.07) is 7.52. The van der Waals surface area contributed by atoms with Gasteiger partial charge in [0, 0.05) is 30.8 Å². The Hall–Kier alpha value is -1.46. The van der Waals surface area contributed by atoms with E-state index in [0.29, 0.717) is 12.0 Å². The topological polar surface area (TPSA) is 72.4 Å². The number of hydrogen-bond donors (Lipinski definition) is 1. The summed E-state index contributed by atoms with van der Waals surface area (Å²) in [5.41, 5.74) is 6.76. The first kappa shape index (κ1) is 14.0. The highest BCUT2D eigenvalue weighted by atomic mass is 16.6. The summed E-state index contributed by atoms with van der Waals surface area (Å²) in [5.74, 6) is 0.570. The van der Waals surface area contributed by atoms with Crippen molar-refractivity contribution >= 4 is 5.69 Å². The Morgan fingerprint density at radius 2 is 2.21 bits per heavy atom. The lowest BCUT2D eigenvalue weighted by Crippen LogP contribution is -2.30. The number of rotatable bonds is 5. The van der Waals surface area contributed by atoms with E-state index in [1.54, 1.807) is 12.1 Å². The Labute approximate surface area is 113 Å². The molecular weight excluding hydrogens is 242 g/mol. The molecule has 1 saturated heterocycles. The fraction of sp³-hybridized carbons (Fsp3) is 0.571. The monoisotopic (exact) mass is 263 g/mol. The van der Waals surface area contributed by atoms with Gasteiger partial charge in [0.2, 0.25) is 0 Å². The fourth-order valence-corrected chi connectivity index (χ4v) is 2.86. The van der Waals surface area contributed by atoms with Crippen molar-refractivity contribution in [2.24, 2.45) is 11.7 Å². The minimum atomic E-state index is -0.300. The first-order valence-electron chi connectivity index (χ1n) is 6.78. The Balaban J connectivity index is 1.98. The van der Waals surface area contributed by atoms with Gasteiger partial charge in [-0.2, -0.15) is 0 Å². The third kappa shape index (κ3) is 3.30. The zero-order valence-corrected chi connectivity index (χ0v) is 11.3. The highest BCUT2D eigenvalue weighted by Gasteiger charge is 2.27. The first-order chi connectivity index (χ1) is 9.11. The summed E-state index contributed by atoms with van der Waals surface area (Å²) >= 11 is 0. The van der Waals surface area contributed by atoms with E-state index in [1.165, 1.54) is 0 Å². The minimum absolute atomic E-state index is 0.227. The van der Waals surface area contributed by atoms with Crippen LogP contribution in [0.5, 0.6) is 0 Å². The van der Waals surface area contributed by atoms with Crippen LogP contribution < -0.4 is 5.73 Å². The number of para-hydroxylation sites is 1. The Bertz CT molecular complexity index is 450. The van der Waals surface area contributed by atoms with Gasteiger partial charge in [-0.3, -0.25) is 15.0 Å². The van der Waals surface area contributed by atoms with Gasteiger partial charge in [0.25, 0.3) is 5.69 Å². The zero-order valence-electron chi connectivity index (χ0n) is 11.3. The maximum Gasteiger partial charge on any atom is 0.272 e. The molecule has 1 fully saturated rings. The van der Waals surface area contributed by atoms with Crippen molar-refractivity contribution in [1.82, 2.24) is 4.90 Å². The number of benzene rings is 1. The maximum absolute atomic E-state index is 11.0. The second-order valence-electron chi connectivity index (χ2n) is 5.32. The Morgan fingerprint density at radius 1 is 1.47 bits per heavy atom. The molecule has 1 aromatic rings. The van der Waals surface area contributed by atoms with Crippen molar-refractivity contribution in [2.45, 2.75) is 25.8 Å². The second-order valence-corrected chi connectivity index (χ2v) is 5.32. The van der Waals surface area contributed by atoms with E-state index >= 15 is 0 Å². The van der Waals surface area contributed by atoms with Gasteiger partial charge in [-0.15, -0.1) is 0 Å². The number of nitrogens with two attached hydrogens (primary N) is 1. The molecule has 1 heterocycles. The number of nitro benzene ring substituents is 1. The molecule has 2 rings (SSSR count). The molecule has 19 heavy (non-hydrogen) atoms. The quantitative estimate of drug-likeness (QED) is 0.649. The summed E-state index contributed by atoms with van der Waals surface area (Å²) in [4.78, 5) is 13.0. The molecule has 1 aromatic carbocycles. The van der Waals surface area contributed by atoms with Crippen LogP contribution in [0.2, 0.25) is 0 Å². The molecule has 5 nitrogen and oxygen atoms in total. The van der Waals surface area contributed by atoms with Crippen LogP contribution in [0.1, 0.15) is 18.9 Å². The molecule has 0 aromatic heterocycles. The molecule has 0 saturated carbocycles. The minimum Gasteiger partial charge on any atom is -0.330 e. The summed E-state index contributed by atoms with van der Waals surface area (Å²) in [6.07, 6.45) is 1.85. The van der Waals surface area contributed by atoms with Crippen LogP contribution in [0.3, 0.4) is 0 Å². The van der Waals surface area contributed by atoms with Gasteiger partial charge in [-0.1, -0.05) is 18.2 Å². The van der Waals surface area contributed by atoms with E-state index < -0.39 is 0 Å². The average molecular weight is 263 g/mol. The molecule has 2 N–H and O–H groups in total. The number of nitro groups is 1. The van der Waals surface area contributed by atoms with Crippen LogP contribution in [-0.2, 0) is 6.42 Å². The van der Waals surface area contributed by atoms with Gasteiger partial charge >= 0.3 is 0 Å². The van der Waals surface area contributed by atoms with E-state index in [2.05, 4.69) is 11.8 Å². The normalized spacial score (nSPS) is 23.7. The van der Waals surface area contributed by atoms with Gasteiger partial charge in [-0.05, 0) is 32.2 Å². The fourth-order valence-electron chi connectivity index (χ4n) is 2.86. The van der Waals surface area contributed by atoms with Gasteiger partial charge < -0.3 is 5.73 Å². The molecule has 104 valence electrons. The van der Waals surface area contributed by atoms with E-state index in [9.17, 15) is 10.1 Å². The molecule has 0 radical (unpaired) electrons. The molecule has 0 amide bonds. The zero-order chi connectivity index (χ0) is 13.8. The van der Waals surface area contributed by atoms with Crippen molar-refractivity contribution in [2.75, 3.05) is 19.6 Å². The molecule has 5 heteroatoms. The smallest absolute Gasteiger partial charge is 0.272 e. The van der Waals surface area contributed by atoms with Gasteiger partial charge in [0.05, 0.1) is 4.92 Å². The van der Waals surface area contributed by atoms with Crippen molar-refractivity contribution in [3.8, 4) is 0 Å². The van der Waals surface area contributed by atoms with Crippen LogP contribution >= 0.6 is 0 Å². The molecule has 2 atom stereocenters. The average Bonchev–Trinajstić information content (AvgIpc) is 2.77. The van der Waals surface area contributed by atoms with Crippen molar-refractivity contribution in [1.29, 1.82) is 0 Å². The van der Waals surface area contributed by atoms with Crippen LogP contribution in [0, 0.1) is 16.0 Å². The van der Waals surface area contributed by atoms with Crippen molar-refractivity contribution in [3.63, 3.8) is 0 Å². The highest BCUT2D eigenvalue weighted by molar-refractivity contribution is 5.39. The van der Waals surface area contributed by atoms with Crippen molar-refractivity contribution in [3.05, 3.63) is 39.9 Å². The summed E-state index contributed by atoms with van der Waals surface area (Å²) in [7, 11) is 0. The Kier molecular flexibility index (Phi) is 4.50. The van der Waals surface area contributed by atoms with E-state index in [1.807, 2.05) is 12.1 Å². The molecule has 0 aliphatic carbocycles. The standard InChI is InChI=1S/C14H21N3O2/c1-11-8-12(9-15)10-16(11)7-6-13-4-2-3-5-14(13)17(18)19/h2-5,11-12H,6-10,15H2,1H3. The molecular formula is C14H21N3O2. The molecule has 1 aliphatic heterocycles. The maximum atomic E-state index is 11.0. The SMILES string of the molecule is CC1CC(CN)CN1CCc1ccccc1[N+](=O)[O-]. The summed E-state index contributed by atoms with van der Waals surface area (Å²) in [5, 5.41) is 11.0. The van der Waals surface area contributed by atoms with Crippen LogP contribution in [-0.4, -0.2) is 35.5 Å². The van der Waals surface area contributed by atoms with Crippen LogP contribution in [0.25, 0.3) is 0 Å². The highest BCUT2D eigenvalue weighted by Crippen LogP contribution is 2.24. The van der Waals surface area contributed by atoms with Gasteiger partial charge in [0.15, 0.2) is 0 Å². The predicted octanol–water partition coefficient (Wildman–Crippen LogP) is 1.81. The lowest BCUT2D eigenvalue weighted by molar-refractivity contribution is -0.385. The van der Waals surface area contributed by atoms with E-state index in [-0.39, 0.29) is 10.6 Å². The third-order valence-corrected chi connectivity index (χ3v) is 3.98. The van der Waals surface area contributed by atoms with E-state index in [0.717, 1.165) is 38.0 Å². The first-order valence-corrected chi connectivity index (χ1v) is 6.78.